The molecule has 1 aliphatic heterocycles. The van der Waals surface area contributed by atoms with Crippen molar-refractivity contribution in [3.8, 4) is 0 Å². The lowest BCUT2D eigenvalue weighted by Gasteiger charge is -2.24. The van der Waals surface area contributed by atoms with Crippen molar-refractivity contribution in [3.05, 3.63) is 33.5 Å². The van der Waals surface area contributed by atoms with Crippen LogP contribution in [0.25, 0.3) is 0 Å². The molecule has 0 unspecified atom stereocenters. The van der Waals surface area contributed by atoms with Crippen molar-refractivity contribution in [2.24, 2.45) is 5.92 Å². The summed E-state index contributed by atoms with van der Waals surface area (Å²) in [6, 6.07) is 2.09. The quantitative estimate of drug-likeness (QED) is 0.826. The Labute approximate surface area is 147 Å². The molecular formula is C18H26N4OS. The third kappa shape index (κ3) is 3.24. The summed E-state index contributed by atoms with van der Waals surface area (Å²) in [4.78, 5) is 17.2. The highest BCUT2D eigenvalue weighted by Gasteiger charge is 2.34. The van der Waals surface area contributed by atoms with E-state index in [9.17, 15) is 4.79 Å². The van der Waals surface area contributed by atoms with Gasteiger partial charge in [-0.2, -0.15) is 0 Å². The van der Waals surface area contributed by atoms with Crippen LogP contribution in [0.5, 0.6) is 0 Å². The molecule has 3 rings (SSSR count). The largest absolute Gasteiger partial charge is 0.328 e. The molecule has 2 aromatic heterocycles. The van der Waals surface area contributed by atoms with Crippen molar-refractivity contribution < 1.29 is 4.79 Å². The molecule has 0 aliphatic carbocycles. The first kappa shape index (κ1) is 17.1. The molecule has 5 nitrogen and oxygen atoms in total. The van der Waals surface area contributed by atoms with E-state index in [4.69, 9.17) is 0 Å². The molecule has 0 N–H and O–H groups in total. The summed E-state index contributed by atoms with van der Waals surface area (Å²) in [6.07, 6.45) is 4.76. The van der Waals surface area contributed by atoms with Crippen LogP contribution in [-0.4, -0.2) is 32.1 Å². The predicted molar refractivity (Wildman–Crippen MR) is 96.3 cm³/mol. The normalized spacial score (nSPS) is 17.9. The molecule has 1 atom stereocenters. The van der Waals surface area contributed by atoms with E-state index in [1.54, 1.807) is 17.7 Å². The molecule has 0 saturated carbocycles. The lowest BCUT2D eigenvalue weighted by atomic mass is 10.1. The smallest absolute Gasteiger partial charge is 0.264 e. The van der Waals surface area contributed by atoms with Crippen LogP contribution in [0, 0.1) is 12.8 Å². The maximum atomic E-state index is 13.0. The molecule has 1 aliphatic rings. The van der Waals surface area contributed by atoms with Crippen LogP contribution in [0.4, 0.5) is 0 Å². The van der Waals surface area contributed by atoms with Crippen molar-refractivity contribution >= 4 is 17.2 Å². The molecule has 0 spiro atoms. The molecule has 130 valence electrons. The van der Waals surface area contributed by atoms with Crippen LogP contribution in [0.3, 0.4) is 0 Å². The van der Waals surface area contributed by atoms with Crippen molar-refractivity contribution in [2.45, 2.75) is 59.5 Å². The van der Waals surface area contributed by atoms with Gasteiger partial charge in [0, 0.05) is 18.0 Å². The van der Waals surface area contributed by atoms with Crippen molar-refractivity contribution in [2.75, 3.05) is 6.54 Å². The van der Waals surface area contributed by atoms with E-state index in [2.05, 4.69) is 42.5 Å². The average Bonchev–Trinajstić information content (AvgIpc) is 3.24. The van der Waals surface area contributed by atoms with Gasteiger partial charge in [-0.05, 0) is 43.7 Å². The van der Waals surface area contributed by atoms with Crippen molar-refractivity contribution in [3.63, 3.8) is 0 Å². The van der Waals surface area contributed by atoms with Crippen LogP contribution in [0.1, 0.15) is 65.6 Å². The number of carbonyl (C=O) groups excluding carboxylic acids is 1. The molecule has 1 fully saturated rings. The second-order valence-electron chi connectivity index (χ2n) is 6.96. The first-order valence-electron chi connectivity index (χ1n) is 8.79. The average molecular weight is 347 g/mol. The fraction of sp³-hybridized carbons (Fsp3) is 0.611. The minimum Gasteiger partial charge on any atom is -0.328 e. The fourth-order valence-corrected chi connectivity index (χ4v) is 4.52. The topological polar surface area (TPSA) is 51.0 Å². The number of carbonyl (C=O) groups is 1. The van der Waals surface area contributed by atoms with Crippen LogP contribution in [0.15, 0.2) is 12.4 Å². The Bertz CT molecular complexity index is 718. The zero-order valence-corrected chi connectivity index (χ0v) is 15.8. The van der Waals surface area contributed by atoms with Crippen LogP contribution >= 0.6 is 11.3 Å². The first-order chi connectivity index (χ1) is 11.5. The number of rotatable bonds is 5. The third-order valence-corrected chi connectivity index (χ3v) is 5.94. The number of nitrogens with zero attached hydrogens (tertiary/aromatic N) is 4. The molecule has 2 aromatic rings. The van der Waals surface area contributed by atoms with Gasteiger partial charge >= 0.3 is 0 Å². The SMILES string of the molecule is CCc1sc(C(=O)N2CCC[C@H]2c2nncn2CC(C)C)cc1C. The molecule has 0 radical (unpaired) electrons. The van der Waals surface area contributed by atoms with Crippen LogP contribution < -0.4 is 0 Å². The molecule has 1 amide bonds. The van der Waals surface area contributed by atoms with Gasteiger partial charge in [0.05, 0.1) is 10.9 Å². The maximum absolute atomic E-state index is 13.0. The summed E-state index contributed by atoms with van der Waals surface area (Å²) < 4.78 is 2.11. The minimum absolute atomic E-state index is 0.0474. The van der Waals surface area contributed by atoms with Gasteiger partial charge in [-0.1, -0.05) is 20.8 Å². The highest BCUT2D eigenvalue weighted by atomic mass is 32.1. The Morgan fingerprint density at radius 2 is 2.25 bits per heavy atom. The van der Waals surface area contributed by atoms with E-state index >= 15 is 0 Å². The number of aryl methyl sites for hydroxylation is 2. The van der Waals surface area contributed by atoms with Crippen molar-refractivity contribution in [1.29, 1.82) is 0 Å². The summed E-state index contributed by atoms with van der Waals surface area (Å²) >= 11 is 1.63. The summed E-state index contributed by atoms with van der Waals surface area (Å²) in [7, 11) is 0. The number of likely N-dealkylation sites (tertiary alicyclic amines) is 1. The maximum Gasteiger partial charge on any atom is 0.264 e. The Balaban J connectivity index is 1.85. The second kappa shape index (κ2) is 7.05. The van der Waals surface area contributed by atoms with Gasteiger partial charge in [-0.25, -0.2) is 0 Å². The highest BCUT2D eigenvalue weighted by molar-refractivity contribution is 7.14. The molecular weight excluding hydrogens is 320 g/mol. The summed E-state index contributed by atoms with van der Waals surface area (Å²) in [5, 5.41) is 8.43. The fourth-order valence-electron chi connectivity index (χ4n) is 3.45. The van der Waals surface area contributed by atoms with Gasteiger partial charge in [-0.3, -0.25) is 4.79 Å². The number of aromatic nitrogens is 3. The van der Waals surface area contributed by atoms with Crippen LogP contribution in [0.2, 0.25) is 0 Å². The third-order valence-electron chi connectivity index (χ3n) is 4.57. The van der Waals surface area contributed by atoms with Crippen LogP contribution in [-0.2, 0) is 13.0 Å². The predicted octanol–water partition coefficient (Wildman–Crippen LogP) is 3.84. The van der Waals surface area contributed by atoms with E-state index in [0.717, 1.165) is 43.1 Å². The summed E-state index contributed by atoms with van der Waals surface area (Å²) in [5.74, 6) is 1.60. The molecule has 0 aromatic carbocycles. The lowest BCUT2D eigenvalue weighted by molar-refractivity contribution is 0.0731. The molecule has 0 bridgehead atoms. The Morgan fingerprint density at radius 3 is 2.92 bits per heavy atom. The van der Waals surface area contributed by atoms with Gasteiger partial charge in [0.25, 0.3) is 5.91 Å². The summed E-state index contributed by atoms with van der Waals surface area (Å²) in [5.41, 5.74) is 1.23. The van der Waals surface area contributed by atoms with E-state index < -0.39 is 0 Å². The van der Waals surface area contributed by atoms with Gasteiger partial charge < -0.3 is 9.47 Å². The lowest BCUT2D eigenvalue weighted by Crippen LogP contribution is -2.31. The monoisotopic (exact) mass is 346 g/mol. The highest BCUT2D eigenvalue weighted by Crippen LogP contribution is 2.34. The minimum atomic E-state index is 0.0474. The molecule has 1 saturated heterocycles. The van der Waals surface area contributed by atoms with E-state index in [1.807, 2.05) is 11.0 Å². The molecule has 24 heavy (non-hydrogen) atoms. The number of thiophene rings is 1. The zero-order valence-electron chi connectivity index (χ0n) is 15.0. The summed E-state index contributed by atoms with van der Waals surface area (Å²) in [6.45, 7) is 10.3. The number of hydrogen-bond donors (Lipinski definition) is 0. The molecule has 6 heteroatoms. The van der Waals surface area contributed by atoms with Gasteiger partial charge in [0.1, 0.15) is 6.33 Å². The standard InChI is InChI=1S/C18H26N4OS/c1-5-15-13(4)9-16(24-15)18(23)22-8-6-7-14(22)17-20-19-11-21(17)10-12(2)3/h9,11-12,14H,5-8,10H2,1-4H3/t14-/m0/s1. The molecule has 3 heterocycles. The number of amides is 1. The van der Waals surface area contributed by atoms with E-state index in [-0.39, 0.29) is 11.9 Å². The van der Waals surface area contributed by atoms with Gasteiger partial charge in [0.15, 0.2) is 5.82 Å². The Morgan fingerprint density at radius 1 is 1.46 bits per heavy atom. The second-order valence-corrected chi connectivity index (χ2v) is 8.10. The van der Waals surface area contributed by atoms with Gasteiger partial charge in [0.2, 0.25) is 0 Å². The van der Waals surface area contributed by atoms with E-state index in [1.165, 1.54) is 10.4 Å². The first-order valence-corrected chi connectivity index (χ1v) is 9.60. The van der Waals surface area contributed by atoms with E-state index in [0.29, 0.717) is 5.92 Å². The van der Waals surface area contributed by atoms with Gasteiger partial charge in [-0.15, -0.1) is 21.5 Å². The van der Waals surface area contributed by atoms with Crippen molar-refractivity contribution in [1.82, 2.24) is 19.7 Å². The number of hydrogen-bond acceptors (Lipinski definition) is 4. The Hall–Kier alpha value is -1.69. The Kier molecular flexibility index (Phi) is 5.04. The zero-order chi connectivity index (χ0) is 17.3.